The average Bonchev–Trinajstić information content (AvgIpc) is 2.47. The third-order valence-corrected chi connectivity index (χ3v) is 4.54. The maximum atomic E-state index is 12.4. The monoisotopic (exact) mass is 310 g/mol. The Kier molecular flexibility index (Phi) is 3.33. The Morgan fingerprint density at radius 3 is 2.57 bits per heavy atom. The number of ketones is 1. The Morgan fingerprint density at radius 1 is 1.30 bits per heavy atom. The molecule has 118 valence electrons. The lowest BCUT2D eigenvalue weighted by Gasteiger charge is -2.53. The first-order valence-corrected chi connectivity index (χ1v) is 7.54. The molecule has 0 N–H and O–H groups in total. The molecular weight excluding hydrogens is 292 g/mol. The fraction of sp³-hybridized carbons (Fsp3) is 0.471. The number of aromatic nitrogens is 2. The van der Waals surface area contributed by atoms with Gasteiger partial charge in [-0.25, -0.2) is 0 Å². The smallest absolute Gasteiger partial charge is 0.274 e. The summed E-state index contributed by atoms with van der Waals surface area (Å²) in [4.78, 5) is 26.3. The van der Waals surface area contributed by atoms with E-state index < -0.39 is 5.41 Å². The van der Waals surface area contributed by atoms with Gasteiger partial charge in [0.25, 0.3) is 5.91 Å². The van der Waals surface area contributed by atoms with Crippen LogP contribution in [0.2, 0.25) is 0 Å². The van der Waals surface area contributed by atoms with E-state index in [0.29, 0.717) is 25.2 Å². The SMILES string of the molecule is Cc1ccc(C(=O)N2CC3(C=C(C#N)C(=O)C(C)(C)C3)C2)nn1. The third kappa shape index (κ3) is 2.52. The van der Waals surface area contributed by atoms with Crippen LogP contribution in [-0.4, -0.2) is 39.9 Å². The van der Waals surface area contributed by atoms with Crippen LogP contribution >= 0.6 is 0 Å². The number of rotatable bonds is 1. The van der Waals surface area contributed by atoms with Gasteiger partial charge in [0.05, 0.1) is 11.3 Å². The van der Waals surface area contributed by atoms with E-state index in [-0.39, 0.29) is 22.7 Å². The van der Waals surface area contributed by atoms with E-state index in [4.69, 9.17) is 0 Å². The van der Waals surface area contributed by atoms with Crippen LogP contribution in [0.15, 0.2) is 23.8 Å². The molecule has 1 aromatic rings. The minimum atomic E-state index is -0.571. The highest BCUT2D eigenvalue weighted by molar-refractivity contribution is 6.04. The zero-order chi connectivity index (χ0) is 16.8. The number of nitrogens with zero attached hydrogens (tertiary/aromatic N) is 4. The first-order valence-electron chi connectivity index (χ1n) is 7.54. The number of allylic oxidation sites excluding steroid dienone is 1. The molecule has 1 aliphatic heterocycles. The molecule has 0 unspecified atom stereocenters. The summed E-state index contributed by atoms with van der Waals surface area (Å²) in [6, 6.07) is 5.42. The molecule has 1 aromatic heterocycles. The number of Topliss-reactive ketones (excluding diaryl/α,β-unsaturated/α-hetero) is 1. The van der Waals surface area contributed by atoms with Gasteiger partial charge in [0.15, 0.2) is 11.5 Å². The number of hydrogen-bond acceptors (Lipinski definition) is 5. The molecule has 3 rings (SSSR count). The van der Waals surface area contributed by atoms with E-state index >= 15 is 0 Å². The van der Waals surface area contributed by atoms with E-state index in [1.165, 1.54) is 0 Å². The van der Waals surface area contributed by atoms with Gasteiger partial charge in [-0.3, -0.25) is 9.59 Å². The Bertz CT molecular complexity index is 750. The minimum absolute atomic E-state index is 0.111. The average molecular weight is 310 g/mol. The fourth-order valence-electron chi connectivity index (χ4n) is 3.57. The second-order valence-electron chi connectivity index (χ2n) is 7.14. The molecule has 0 saturated carbocycles. The molecule has 6 nitrogen and oxygen atoms in total. The molecule has 1 aliphatic carbocycles. The van der Waals surface area contributed by atoms with Crippen molar-refractivity contribution in [2.24, 2.45) is 10.8 Å². The van der Waals surface area contributed by atoms with Crippen molar-refractivity contribution < 1.29 is 9.59 Å². The number of aryl methyl sites for hydroxylation is 1. The summed E-state index contributed by atoms with van der Waals surface area (Å²) in [5.74, 6) is -0.274. The van der Waals surface area contributed by atoms with Gasteiger partial charge in [0, 0.05) is 23.9 Å². The maximum absolute atomic E-state index is 12.4. The van der Waals surface area contributed by atoms with Crippen molar-refractivity contribution >= 4 is 11.7 Å². The minimum Gasteiger partial charge on any atom is -0.335 e. The van der Waals surface area contributed by atoms with Crippen molar-refractivity contribution in [2.75, 3.05) is 13.1 Å². The topological polar surface area (TPSA) is 87.0 Å². The third-order valence-electron chi connectivity index (χ3n) is 4.54. The van der Waals surface area contributed by atoms with Crippen LogP contribution in [0.1, 0.15) is 36.5 Å². The van der Waals surface area contributed by atoms with Crippen LogP contribution in [-0.2, 0) is 4.79 Å². The van der Waals surface area contributed by atoms with E-state index in [1.807, 2.05) is 26.8 Å². The molecule has 0 bridgehead atoms. The Morgan fingerprint density at radius 2 is 2.00 bits per heavy atom. The van der Waals surface area contributed by atoms with Crippen molar-refractivity contribution in [3.05, 3.63) is 35.2 Å². The second kappa shape index (κ2) is 4.98. The number of likely N-dealkylation sites (tertiary alicyclic amines) is 1. The lowest BCUT2D eigenvalue weighted by atomic mass is 9.61. The Hall–Kier alpha value is -2.55. The first kappa shape index (κ1) is 15.3. The summed E-state index contributed by atoms with van der Waals surface area (Å²) >= 11 is 0. The Balaban J connectivity index is 1.79. The van der Waals surface area contributed by atoms with Crippen molar-refractivity contribution in [3.63, 3.8) is 0 Å². The normalized spacial score (nSPS) is 21.4. The van der Waals surface area contributed by atoms with E-state index in [0.717, 1.165) is 5.69 Å². The highest BCUT2D eigenvalue weighted by Crippen LogP contribution is 2.48. The lowest BCUT2D eigenvalue weighted by Crippen LogP contribution is -2.61. The van der Waals surface area contributed by atoms with E-state index in [9.17, 15) is 14.9 Å². The number of nitriles is 1. The van der Waals surface area contributed by atoms with Crippen molar-refractivity contribution in [1.82, 2.24) is 15.1 Å². The van der Waals surface area contributed by atoms with Crippen molar-refractivity contribution in [1.29, 1.82) is 5.26 Å². The second-order valence-corrected chi connectivity index (χ2v) is 7.14. The van der Waals surface area contributed by atoms with Crippen LogP contribution < -0.4 is 0 Å². The Labute approximate surface area is 134 Å². The highest BCUT2D eigenvalue weighted by Gasteiger charge is 2.52. The summed E-state index contributed by atoms with van der Waals surface area (Å²) in [6.45, 7) is 6.54. The summed E-state index contributed by atoms with van der Waals surface area (Å²) in [5.41, 5.74) is 0.440. The van der Waals surface area contributed by atoms with Gasteiger partial charge >= 0.3 is 0 Å². The molecule has 0 radical (unpaired) electrons. The van der Waals surface area contributed by atoms with Gasteiger partial charge in [0.2, 0.25) is 0 Å². The maximum Gasteiger partial charge on any atom is 0.274 e. The van der Waals surface area contributed by atoms with Gasteiger partial charge in [-0.2, -0.15) is 10.4 Å². The molecule has 6 heteroatoms. The largest absolute Gasteiger partial charge is 0.335 e. The summed E-state index contributed by atoms with van der Waals surface area (Å²) in [6.07, 6.45) is 2.40. The predicted molar refractivity (Wildman–Crippen MR) is 82.2 cm³/mol. The number of carbonyl (C=O) groups excluding carboxylic acids is 2. The summed E-state index contributed by atoms with van der Waals surface area (Å²) < 4.78 is 0. The van der Waals surface area contributed by atoms with Crippen LogP contribution in [0.25, 0.3) is 0 Å². The van der Waals surface area contributed by atoms with E-state index in [1.54, 1.807) is 23.1 Å². The van der Waals surface area contributed by atoms with Crippen molar-refractivity contribution in [3.8, 4) is 6.07 Å². The van der Waals surface area contributed by atoms with Gasteiger partial charge in [-0.1, -0.05) is 19.9 Å². The fourth-order valence-corrected chi connectivity index (χ4v) is 3.57. The quantitative estimate of drug-likeness (QED) is 0.787. The highest BCUT2D eigenvalue weighted by atomic mass is 16.2. The molecule has 1 amide bonds. The molecule has 0 atom stereocenters. The molecule has 1 saturated heterocycles. The molecule has 2 aliphatic rings. The number of carbonyl (C=O) groups is 2. The van der Waals surface area contributed by atoms with Gasteiger partial charge in [0.1, 0.15) is 6.07 Å². The van der Waals surface area contributed by atoms with Crippen LogP contribution in [0.5, 0.6) is 0 Å². The lowest BCUT2D eigenvalue weighted by molar-refractivity contribution is -0.127. The van der Waals surface area contributed by atoms with Gasteiger partial charge < -0.3 is 4.90 Å². The zero-order valence-electron chi connectivity index (χ0n) is 13.5. The van der Waals surface area contributed by atoms with E-state index in [2.05, 4.69) is 10.2 Å². The standard InChI is InChI=1S/C17H18N4O2/c1-11-4-5-13(20-19-11)15(23)21-9-17(10-21)6-12(7-18)14(22)16(2,3)8-17/h4-6H,8-10H2,1-3H3. The van der Waals surface area contributed by atoms with Crippen LogP contribution in [0.3, 0.4) is 0 Å². The molecule has 1 spiro atoms. The molecule has 23 heavy (non-hydrogen) atoms. The van der Waals surface area contributed by atoms with Crippen molar-refractivity contribution in [2.45, 2.75) is 27.2 Å². The molecule has 2 heterocycles. The zero-order valence-corrected chi connectivity index (χ0v) is 13.5. The molecular formula is C17H18N4O2. The first-order chi connectivity index (χ1) is 10.8. The van der Waals surface area contributed by atoms with Crippen LogP contribution in [0, 0.1) is 29.1 Å². The van der Waals surface area contributed by atoms with Crippen LogP contribution in [0.4, 0.5) is 0 Å². The molecule has 0 aromatic carbocycles. The number of amides is 1. The van der Waals surface area contributed by atoms with Gasteiger partial charge in [-0.15, -0.1) is 5.10 Å². The summed E-state index contributed by atoms with van der Waals surface area (Å²) in [5, 5.41) is 17.0. The number of hydrogen-bond donors (Lipinski definition) is 0. The predicted octanol–water partition coefficient (Wildman–Crippen LogP) is 1.68. The summed E-state index contributed by atoms with van der Waals surface area (Å²) in [7, 11) is 0. The van der Waals surface area contributed by atoms with Gasteiger partial charge in [-0.05, 0) is 25.5 Å². The molecule has 1 fully saturated rings.